The standard InChI is InChI=1S/C15H10FN3/c16-13-3-1-11(2-4-13)14-15(19-10-9-18-14)12-5-7-17-8-6-12/h1-10H. The maximum atomic E-state index is 13.0. The predicted molar refractivity (Wildman–Crippen MR) is 70.7 cm³/mol. The van der Waals surface area contributed by atoms with Gasteiger partial charge in [-0.05, 0) is 36.4 Å². The van der Waals surface area contributed by atoms with Crippen molar-refractivity contribution in [3.8, 4) is 22.5 Å². The van der Waals surface area contributed by atoms with Crippen molar-refractivity contribution in [1.82, 2.24) is 15.0 Å². The third kappa shape index (κ3) is 2.33. The van der Waals surface area contributed by atoms with Gasteiger partial charge in [-0.25, -0.2) is 4.39 Å². The van der Waals surface area contributed by atoms with Crippen LogP contribution in [-0.4, -0.2) is 15.0 Å². The summed E-state index contributed by atoms with van der Waals surface area (Å²) in [5.74, 6) is -0.266. The van der Waals surface area contributed by atoms with Gasteiger partial charge in [0.05, 0.1) is 11.4 Å². The van der Waals surface area contributed by atoms with Crippen LogP contribution in [0.5, 0.6) is 0 Å². The molecular formula is C15H10FN3. The number of aromatic nitrogens is 3. The highest BCUT2D eigenvalue weighted by atomic mass is 19.1. The van der Waals surface area contributed by atoms with Gasteiger partial charge in [-0.15, -0.1) is 0 Å². The van der Waals surface area contributed by atoms with Crippen molar-refractivity contribution in [3.63, 3.8) is 0 Å². The fourth-order valence-corrected chi connectivity index (χ4v) is 1.88. The molecule has 1 aromatic carbocycles. The van der Waals surface area contributed by atoms with Crippen LogP contribution in [0.3, 0.4) is 0 Å². The molecule has 2 aromatic heterocycles. The minimum absolute atomic E-state index is 0.266. The lowest BCUT2D eigenvalue weighted by Gasteiger charge is -2.07. The van der Waals surface area contributed by atoms with E-state index in [4.69, 9.17) is 0 Å². The van der Waals surface area contributed by atoms with Crippen LogP contribution in [-0.2, 0) is 0 Å². The number of rotatable bonds is 2. The van der Waals surface area contributed by atoms with E-state index in [2.05, 4.69) is 15.0 Å². The Kier molecular flexibility index (Phi) is 2.98. The Morgan fingerprint density at radius 1 is 0.632 bits per heavy atom. The third-order valence-electron chi connectivity index (χ3n) is 2.77. The summed E-state index contributed by atoms with van der Waals surface area (Å²) in [5.41, 5.74) is 3.26. The largest absolute Gasteiger partial charge is 0.265 e. The van der Waals surface area contributed by atoms with Gasteiger partial charge in [-0.2, -0.15) is 0 Å². The molecule has 3 aromatic rings. The van der Waals surface area contributed by atoms with Gasteiger partial charge in [0, 0.05) is 35.9 Å². The van der Waals surface area contributed by atoms with Crippen LogP contribution in [0.2, 0.25) is 0 Å². The third-order valence-corrected chi connectivity index (χ3v) is 2.77. The molecule has 2 heterocycles. The van der Waals surface area contributed by atoms with Gasteiger partial charge in [-0.1, -0.05) is 0 Å². The second kappa shape index (κ2) is 4.94. The summed E-state index contributed by atoms with van der Waals surface area (Å²) in [5, 5.41) is 0. The lowest BCUT2D eigenvalue weighted by atomic mass is 10.1. The van der Waals surface area contributed by atoms with Gasteiger partial charge >= 0.3 is 0 Å². The minimum atomic E-state index is -0.266. The van der Waals surface area contributed by atoms with E-state index in [9.17, 15) is 4.39 Å². The summed E-state index contributed by atoms with van der Waals surface area (Å²) in [6, 6.07) is 9.98. The monoisotopic (exact) mass is 251 g/mol. The van der Waals surface area contributed by atoms with E-state index in [0.29, 0.717) is 0 Å². The molecule has 0 radical (unpaired) electrons. The molecule has 0 amide bonds. The van der Waals surface area contributed by atoms with E-state index in [1.165, 1.54) is 12.1 Å². The number of benzene rings is 1. The van der Waals surface area contributed by atoms with Crippen molar-refractivity contribution in [2.24, 2.45) is 0 Å². The molecule has 0 aliphatic carbocycles. The van der Waals surface area contributed by atoms with E-state index in [1.807, 2.05) is 12.1 Å². The zero-order chi connectivity index (χ0) is 13.1. The van der Waals surface area contributed by atoms with Crippen LogP contribution in [0.4, 0.5) is 4.39 Å². The van der Waals surface area contributed by atoms with E-state index in [1.54, 1.807) is 36.9 Å². The molecule has 0 bridgehead atoms. The van der Waals surface area contributed by atoms with E-state index in [0.717, 1.165) is 22.5 Å². The first-order valence-electron chi connectivity index (χ1n) is 5.82. The minimum Gasteiger partial charge on any atom is -0.265 e. The fourth-order valence-electron chi connectivity index (χ4n) is 1.88. The maximum absolute atomic E-state index is 13.0. The highest BCUT2D eigenvalue weighted by molar-refractivity contribution is 5.77. The molecule has 0 aliphatic heterocycles. The van der Waals surface area contributed by atoms with Gasteiger partial charge in [0.15, 0.2) is 0 Å². The van der Waals surface area contributed by atoms with Crippen molar-refractivity contribution in [1.29, 1.82) is 0 Å². The quantitative estimate of drug-likeness (QED) is 0.701. The van der Waals surface area contributed by atoms with Gasteiger partial charge in [0.25, 0.3) is 0 Å². The molecule has 0 saturated heterocycles. The molecule has 0 saturated carbocycles. The van der Waals surface area contributed by atoms with Crippen LogP contribution >= 0.6 is 0 Å². The van der Waals surface area contributed by atoms with E-state index in [-0.39, 0.29) is 5.82 Å². The van der Waals surface area contributed by atoms with Gasteiger partial charge in [-0.3, -0.25) is 15.0 Å². The molecule has 3 rings (SSSR count). The van der Waals surface area contributed by atoms with Gasteiger partial charge in [0.1, 0.15) is 5.82 Å². The molecular weight excluding hydrogens is 241 g/mol. The number of nitrogens with zero attached hydrogens (tertiary/aromatic N) is 3. The van der Waals surface area contributed by atoms with Gasteiger partial charge < -0.3 is 0 Å². The number of halogens is 1. The number of pyridine rings is 1. The Bertz CT molecular complexity index is 681. The summed E-state index contributed by atoms with van der Waals surface area (Å²) >= 11 is 0. The van der Waals surface area contributed by atoms with Crippen LogP contribution in [0, 0.1) is 5.82 Å². The first-order chi connectivity index (χ1) is 9.34. The Labute approximate surface area is 109 Å². The molecule has 3 nitrogen and oxygen atoms in total. The smallest absolute Gasteiger partial charge is 0.123 e. The van der Waals surface area contributed by atoms with Crippen LogP contribution < -0.4 is 0 Å². The highest BCUT2D eigenvalue weighted by Crippen LogP contribution is 2.27. The van der Waals surface area contributed by atoms with Crippen molar-refractivity contribution in [2.45, 2.75) is 0 Å². The van der Waals surface area contributed by atoms with E-state index >= 15 is 0 Å². The molecule has 0 N–H and O–H groups in total. The maximum Gasteiger partial charge on any atom is 0.123 e. The lowest BCUT2D eigenvalue weighted by molar-refractivity contribution is 0.628. The first-order valence-corrected chi connectivity index (χ1v) is 5.82. The normalized spacial score (nSPS) is 10.4. The van der Waals surface area contributed by atoms with Crippen LogP contribution in [0.25, 0.3) is 22.5 Å². The lowest BCUT2D eigenvalue weighted by Crippen LogP contribution is -1.92. The highest BCUT2D eigenvalue weighted by Gasteiger charge is 2.09. The molecule has 0 fully saturated rings. The molecule has 0 unspecified atom stereocenters. The molecule has 0 spiro atoms. The van der Waals surface area contributed by atoms with E-state index < -0.39 is 0 Å². The van der Waals surface area contributed by atoms with Crippen LogP contribution in [0.15, 0.2) is 61.2 Å². The second-order valence-electron chi connectivity index (χ2n) is 4.00. The molecule has 0 aliphatic rings. The fraction of sp³-hybridized carbons (Fsp3) is 0. The summed E-state index contributed by atoms with van der Waals surface area (Å²) in [4.78, 5) is 12.7. The predicted octanol–water partition coefficient (Wildman–Crippen LogP) is 3.34. The molecule has 92 valence electrons. The Balaban J connectivity index is 2.15. The number of hydrogen-bond acceptors (Lipinski definition) is 3. The van der Waals surface area contributed by atoms with Gasteiger partial charge in [0.2, 0.25) is 0 Å². The molecule has 19 heavy (non-hydrogen) atoms. The average molecular weight is 251 g/mol. The topological polar surface area (TPSA) is 38.7 Å². The summed E-state index contributed by atoms with van der Waals surface area (Å²) in [6.07, 6.45) is 6.68. The SMILES string of the molecule is Fc1ccc(-c2nccnc2-c2ccncc2)cc1. The number of hydrogen-bond donors (Lipinski definition) is 0. The summed E-state index contributed by atoms with van der Waals surface area (Å²) in [6.45, 7) is 0. The van der Waals surface area contributed by atoms with Crippen molar-refractivity contribution in [3.05, 3.63) is 67.0 Å². The zero-order valence-electron chi connectivity index (χ0n) is 9.99. The molecule has 4 heteroatoms. The van der Waals surface area contributed by atoms with Crippen LogP contribution in [0.1, 0.15) is 0 Å². The average Bonchev–Trinajstić information content (AvgIpc) is 2.49. The van der Waals surface area contributed by atoms with Crippen molar-refractivity contribution >= 4 is 0 Å². The Morgan fingerprint density at radius 2 is 1.16 bits per heavy atom. The Hall–Kier alpha value is -2.62. The Morgan fingerprint density at radius 3 is 1.74 bits per heavy atom. The molecule has 0 atom stereocenters. The first kappa shape index (κ1) is 11.5. The zero-order valence-corrected chi connectivity index (χ0v) is 9.99. The van der Waals surface area contributed by atoms with Crippen molar-refractivity contribution in [2.75, 3.05) is 0 Å². The summed E-state index contributed by atoms with van der Waals surface area (Å²) < 4.78 is 13.0. The summed E-state index contributed by atoms with van der Waals surface area (Å²) in [7, 11) is 0. The van der Waals surface area contributed by atoms with Crippen molar-refractivity contribution < 1.29 is 4.39 Å². The second-order valence-corrected chi connectivity index (χ2v) is 4.00.